The maximum absolute atomic E-state index is 12.6. The summed E-state index contributed by atoms with van der Waals surface area (Å²) < 4.78 is 22.8. The molecular formula is C31H57N2O6P. The first kappa shape index (κ1) is 38.5. The van der Waals surface area contributed by atoms with Crippen LogP contribution in [-0.2, 0) is 18.4 Å². The van der Waals surface area contributed by atoms with Crippen LogP contribution in [0, 0.1) is 0 Å². The average molecular weight is 585 g/mol. The van der Waals surface area contributed by atoms with Crippen molar-refractivity contribution in [3.8, 4) is 0 Å². The molecule has 8 nitrogen and oxygen atoms in total. The first-order valence-corrected chi connectivity index (χ1v) is 16.4. The van der Waals surface area contributed by atoms with Crippen molar-refractivity contribution in [3.05, 3.63) is 48.6 Å². The Bertz CT molecular complexity index is 804. The third kappa shape index (κ3) is 25.4. The highest BCUT2D eigenvalue weighted by Gasteiger charge is 2.23. The van der Waals surface area contributed by atoms with Crippen LogP contribution in [0.15, 0.2) is 48.6 Å². The van der Waals surface area contributed by atoms with Crippen LogP contribution in [0.1, 0.15) is 90.9 Å². The van der Waals surface area contributed by atoms with Crippen LogP contribution in [0.3, 0.4) is 0 Å². The van der Waals surface area contributed by atoms with Crippen molar-refractivity contribution >= 4 is 13.7 Å². The number of allylic oxidation sites excluding steroid dienone is 7. The summed E-state index contributed by atoms with van der Waals surface area (Å²) in [7, 11) is 1.20. The van der Waals surface area contributed by atoms with Gasteiger partial charge in [-0.15, -0.1) is 0 Å². The van der Waals surface area contributed by atoms with E-state index >= 15 is 0 Å². The van der Waals surface area contributed by atoms with E-state index in [2.05, 4.69) is 42.6 Å². The molecule has 0 aromatic rings. The number of amides is 1. The molecule has 0 aromatic heterocycles. The molecule has 9 heteroatoms. The molecule has 0 radical (unpaired) electrons. The van der Waals surface area contributed by atoms with Gasteiger partial charge in [-0.05, 0) is 58.3 Å². The smallest absolute Gasteiger partial charge is 0.268 e. The van der Waals surface area contributed by atoms with E-state index in [0.717, 1.165) is 38.5 Å². The summed E-state index contributed by atoms with van der Waals surface area (Å²) in [4.78, 5) is 24.8. The number of likely N-dealkylation sites (N-methyl/N-ethyl adjacent to an activating group) is 1. The van der Waals surface area contributed by atoms with Crippen LogP contribution in [0.4, 0.5) is 0 Å². The van der Waals surface area contributed by atoms with Crippen LogP contribution < -0.4 is 10.2 Å². The number of unbranched alkanes of at least 4 members (excludes halogenated alkanes) is 7. The van der Waals surface area contributed by atoms with Crippen molar-refractivity contribution in [3.63, 3.8) is 0 Å². The molecule has 0 fully saturated rings. The quantitative estimate of drug-likeness (QED) is 0.0591. The Morgan fingerprint density at radius 1 is 0.900 bits per heavy atom. The monoisotopic (exact) mass is 584 g/mol. The van der Waals surface area contributed by atoms with Gasteiger partial charge in [0.25, 0.3) is 7.82 Å². The third-order valence-corrected chi connectivity index (χ3v) is 7.05. The van der Waals surface area contributed by atoms with E-state index in [9.17, 15) is 19.4 Å². The van der Waals surface area contributed by atoms with Gasteiger partial charge in [-0.1, -0.05) is 74.8 Å². The molecule has 3 atom stereocenters. The van der Waals surface area contributed by atoms with Crippen LogP contribution in [-0.4, -0.2) is 68.5 Å². The van der Waals surface area contributed by atoms with Crippen molar-refractivity contribution in [2.24, 2.45) is 0 Å². The number of phosphoric acid groups is 1. The normalized spacial score (nSPS) is 15.9. The van der Waals surface area contributed by atoms with Gasteiger partial charge in [-0.2, -0.15) is 0 Å². The molecule has 0 heterocycles. The van der Waals surface area contributed by atoms with E-state index in [4.69, 9.17) is 9.05 Å². The zero-order chi connectivity index (χ0) is 30.1. The lowest BCUT2D eigenvalue weighted by Gasteiger charge is -2.29. The molecule has 0 saturated carbocycles. The summed E-state index contributed by atoms with van der Waals surface area (Å²) >= 11 is 0. The number of nitrogens with zero attached hydrogens (tertiary/aromatic N) is 1. The molecule has 0 aliphatic heterocycles. The number of phosphoric ester groups is 1. The number of carbonyl (C=O) groups is 1. The van der Waals surface area contributed by atoms with Gasteiger partial charge in [0.1, 0.15) is 13.2 Å². The first-order chi connectivity index (χ1) is 19.0. The van der Waals surface area contributed by atoms with Crippen molar-refractivity contribution in [1.29, 1.82) is 0 Å². The molecule has 232 valence electrons. The van der Waals surface area contributed by atoms with E-state index in [1.165, 1.54) is 25.7 Å². The molecular weight excluding hydrogens is 527 g/mol. The Balaban J connectivity index is 4.82. The number of quaternary nitrogens is 1. The highest BCUT2D eigenvalue weighted by molar-refractivity contribution is 7.45. The minimum absolute atomic E-state index is 0.0157. The van der Waals surface area contributed by atoms with Gasteiger partial charge < -0.3 is 28.8 Å². The molecule has 3 unspecified atom stereocenters. The number of nitrogens with one attached hydrogen (secondary N) is 1. The highest BCUT2D eigenvalue weighted by atomic mass is 31.2. The summed E-state index contributed by atoms with van der Waals surface area (Å²) in [5.74, 6) is -0.256. The Morgan fingerprint density at radius 2 is 1.50 bits per heavy atom. The maximum Gasteiger partial charge on any atom is 0.268 e. The minimum atomic E-state index is -4.58. The number of aliphatic hydroxyl groups is 1. The molecule has 0 aliphatic carbocycles. The minimum Gasteiger partial charge on any atom is -0.756 e. The fourth-order valence-corrected chi connectivity index (χ4v) is 4.33. The van der Waals surface area contributed by atoms with Crippen molar-refractivity contribution < 1.29 is 32.9 Å². The highest BCUT2D eigenvalue weighted by Crippen LogP contribution is 2.38. The molecule has 0 rings (SSSR count). The van der Waals surface area contributed by atoms with Crippen LogP contribution in [0.2, 0.25) is 0 Å². The summed E-state index contributed by atoms with van der Waals surface area (Å²) in [5, 5.41) is 13.5. The maximum atomic E-state index is 12.6. The number of hydrogen-bond acceptors (Lipinski definition) is 6. The lowest BCUT2D eigenvalue weighted by Crippen LogP contribution is -2.45. The zero-order valence-electron chi connectivity index (χ0n) is 25.8. The second kappa shape index (κ2) is 24.1. The molecule has 0 aromatic carbocycles. The Hall–Kier alpha value is -1.54. The van der Waals surface area contributed by atoms with Crippen LogP contribution in [0.5, 0.6) is 0 Å². The summed E-state index contributed by atoms with van der Waals surface area (Å²) in [6, 6.07) is -0.918. The van der Waals surface area contributed by atoms with Gasteiger partial charge in [-0.25, -0.2) is 0 Å². The van der Waals surface area contributed by atoms with Crippen molar-refractivity contribution in [2.75, 3.05) is 40.9 Å². The molecule has 2 N–H and O–H groups in total. The second-order valence-electron chi connectivity index (χ2n) is 11.1. The van der Waals surface area contributed by atoms with Gasteiger partial charge in [-0.3, -0.25) is 9.36 Å². The standard InChI is InChI=1S/C31H57N2O6P/c1-6-8-10-12-14-16-18-20-22-24-30(34)29(28-39-40(36,37)38-27-26-33(3,4)5)32-31(35)25-23-21-19-17-15-13-11-9-7-2/h6,8,14,16-17,19,22,24,29-30,34H,7,9-13,15,18,20-21,23,25-28H2,1-5H3,(H-,32,35,36,37)/b8-6+,16-14+,19-17-,24-22+. The van der Waals surface area contributed by atoms with Gasteiger partial charge >= 0.3 is 0 Å². The predicted octanol–water partition coefficient (Wildman–Crippen LogP) is 5.99. The van der Waals surface area contributed by atoms with Crippen molar-refractivity contribution in [2.45, 2.75) is 103 Å². The van der Waals surface area contributed by atoms with Gasteiger partial charge in [0, 0.05) is 6.42 Å². The molecule has 40 heavy (non-hydrogen) atoms. The number of aliphatic hydroxyl groups excluding tert-OH is 1. The molecule has 0 spiro atoms. The SMILES string of the molecule is C/C=C/CC/C=C/CC/C=C/C(O)C(COP(=O)([O-])OCC[N+](C)(C)C)NC(=O)CCC/C=C\CCCCCC. The fraction of sp³-hybridized carbons (Fsp3) is 0.710. The van der Waals surface area contributed by atoms with Gasteiger partial charge in [0.2, 0.25) is 5.91 Å². The number of rotatable bonds is 25. The van der Waals surface area contributed by atoms with E-state index in [-0.39, 0.29) is 18.9 Å². The van der Waals surface area contributed by atoms with Crippen LogP contribution in [0.25, 0.3) is 0 Å². The van der Waals surface area contributed by atoms with E-state index in [1.807, 2.05) is 40.2 Å². The van der Waals surface area contributed by atoms with Gasteiger partial charge in [0.05, 0.1) is 39.9 Å². The number of hydrogen-bond donors (Lipinski definition) is 2. The molecule has 0 saturated heterocycles. The lowest BCUT2D eigenvalue weighted by atomic mass is 10.1. The Labute approximate surface area is 244 Å². The summed E-state index contributed by atoms with van der Waals surface area (Å²) in [6.45, 7) is 4.26. The fourth-order valence-electron chi connectivity index (χ4n) is 3.60. The zero-order valence-corrected chi connectivity index (χ0v) is 26.7. The van der Waals surface area contributed by atoms with E-state index in [0.29, 0.717) is 17.4 Å². The Morgan fingerprint density at radius 3 is 2.12 bits per heavy atom. The van der Waals surface area contributed by atoms with Gasteiger partial charge in [0.15, 0.2) is 0 Å². The summed E-state index contributed by atoms with van der Waals surface area (Å²) in [5.41, 5.74) is 0. The van der Waals surface area contributed by atoms with E-state index < -0.39 is 26.6 Å². The third-order valence-electron chi connectivity index (χ3n) is 6.08. The first-order valence-electron chi connectivity index (χ1n) is 15.0. The lowest BCUT2D eigenvalue weighted by molar-refractivity contribution is -0.870. The molecule has 0 aliphatic rings. The Kier molecular flexibility index (Phi) is 23.2. The van der Waals surface area contributed by atoms with Crippen molar-refractivity contribution in [1.82, 2.24) is 5.32 Å². The van der Waals surface area contributed by atoms with E-state index in [1.54, 1.807) is 6.08 Å². The molecule has 0 bridgehead atoms. The summed E-state index contributed by atoms with van der Waals surface area (Å²) in [6.07, 6.45) is 26.2. The predicted molar refractivity (Wildman–Crippen MR) is 164 cm³/mol. The van der Waals surface area contributed by atoms with Crippen LogP contribution >= 0.6 is 7.82 Å². The second-order valence-corrected chi connectivity index (χ2v) is 12.5. The number of carbonyl (C=O) groups excluding carboxylic acids is 1. The average Bonchev–Trinajstić information content (AvgIpc) is 2.88. The largest absolute Gasteiger partial charge is 0.756 e. The molecule has 1 amide bonds. The topological polar surface area (TPSA) is 108 Å².